The van der Waals surface area contributed by atoms with E-state index in [4.69, 9.17) is 4.74 Å². The van der Waals surface area contributed by atoms with Crippen LogP contribution in [-0.2, 0) is 16.1 Å². The number of imidazole rings is 1. The maximum absolute atomic E-state index is 14.3. The second-order valence-electron chi connectivity index (χ2n) is 4.94. The van der Waals surface area contributed by atoms with Crippen LogP contribution in [0.25, 0.3) is 22.3 Å². The van der Waals surface area contributed by atoms with Gasteiger partial charge in [0.2, 0.25) is 0 Å². The summed E-state index contributed by atoms with van der Waals surface area (Å²) >= 11 is 0. The first-order valence-electron chi connectivity index (χ1n) is 7.13. The Bertz CT molecular complexity index is 1020. The van der Waals surface area contributed by atoms with Crippen LogP contribution < -0.4 is 11.2 Å². The number of carbonyl (C=O) groups excluding carboxylic acids is 1. The minimum absolute atomic E-state index is 0.0493. The molecule has 3 aromatic rings. The summed E-state index contributed by atoms with van der Waals surface area (Å²) in [6, 6.07) is 2.33. The van der Waals surface area contributed by atoms with Crippen molar-refractivity contribution in [3.63, 3.8) is 0 Å². The van der Waals surface area contributed by atoms with Gasteiger partial charge in [0.05, 0.1) is 23.1 Å². The molecule has 0 amide bonds. The summed E-state index contributed by atoms with van der Waals surface area (Å²) in [4.78, 5) is 45.1. The molecule has 0 aliphatic carbocycles. The average molecular weight is 332 g/mol. The van der Waals surface area contributed by atoms with Crippen LogP contribution >= 0.6 is 0 Å². The van der Waals surface area contributed by atoms with Crippen molar-refractivity contribution in [2.45, 2.75) is 13.5 Å². The summed E-state index contributed by atoms with van der Waals surface area (Å²) in [6.07, 6.45) is 2.98. The van der Waals surface area contributed by atoms with Gasteiger partial charge in [0.1, 0.15) is 18.2 Å². The predicted octanol–water partition coefficient (Wildman–Crippen LogP) is 0.782. The molecule has 2 aromatic heterocycles. The standard InChI is InChI=1S/C15H13FN4O4/c1-2-24-12(21)7-20-14(22)9-5-10(16)8(13-17-3-4-18-13)6-11(9)19-15(20)23/h3-6H,2,7H2,1H3,(H,17,18)(H,19,23). The van der Waals surface area contributed by atoms with E-state index in [0.717, 1.165) is 6.07 Å². The Hall–Kier alpha value is -3.23. The summed E-state index contributed by atoms with van der Waals surface area (Å²) in [7, 11) is 0. The molecule has 2 N–H and O–H groups in total. The number of H-pyrrole nitrogens is 2. The van der Waals surface area contributed by atoms with E-state index >= 15 is 0 Å². The molecule has 8 nitrogen and oxygen atoms in total. The summed E-state index contributed by atoms with van der Waals surface area (Å²) in [5.74, 6) is -1.13. The molecule has 3 rings (SSSR count). The number of rotatable bonds is 4. The molecule has 2 heterocycles. The molecule has 0 bridgehead atoms. The van der Waals surface area contributed by atoms with Crippen LogP contribution in [0.3, 0.4) is 0 Å². The number of nitrogens with zero attached hydrogens (tertiary/aromatic N) is 2. The lowest BCUT2D eigenvalue weighted by atomic mass is 10.1. The highest BCUT2D eigenvalue weighted by atomic mass is 19.1. The summed E-state index contributed by atoms with van der Waals surface area (Å²) in [6.45, 7) is 1.19. The van der Waals surface area contributed by atoms with Crippen molar-refractivity contribution in [2.24, 2.45) is 0 Å². The van der Waals surface area contributed by atoms with E-state index in [-0.39, 0.29) is 28.9 Å². The Balaban J connectivity index is 2.16. The number of esters is 1. The Morgan fingerprint density at radius 2 is 2.17 bits per heavy atom. The number of hydrogen-bond donors (Lipinski definition) is 2. The van der Waals surface area contributed by atoms with Crippen molar-refractivity contribution in [3.05, 3.63) is 51.2 Å². The van der Waals surface area contributed by atoms with Gasteiger partial charge in [0.15, 0.2) is 0 Å². The van der Waals surface area contributed by atoms with Crippen LogP contribution in [0.5, 0.6) is 0 Å². The normalized spacial score (nSPS) is 10.9. The van der Waals surface area contributed by atoms with Crippen LogP contribution in [0.1, 0.15) is 6.92 Å². The Labute approximate surface area is 133 Å². The number of benzene rings is 1. The molecule has 0 saturated carbocycles. The van der Waals surface area contributed by atoms with Crippen LogP contribution in [0.4, 0.5) is 4.39 Å². The number of nitrogens with one attached hydrogen (secondary N) is 2. The monoisotopic (exact) mass is 332 g/mol. The lowest BCUT2D eigenvalue weighted by Gasteiger charge is -2.07. The first-order chi connectivity index (χ1) is 11.5. The largest absolute Gasteiger partial charge is 0.465 e. The van der Waals surface area contributed by atoms with Crippen molar-refractivity contribution >= 4 is 16.9 Å². The summed E-state index contributed by atoms with van der Waals surface area (Å²) in [5, 5.41) is -0.0493. The molecule has 0 fully saturated rings. The number of hydrogen-bond acceptors (Lipinski definition) is 5. The van der Waals surface area contributed by atoms with Gasteiger partial charge in [0.25, 0.3) is 5.56 Å². The lowest BCUT2D eigenvalue weighted by Crippen LogP contribution is -2.37. The van der Waals surface area contributed by atoms with Crippen LogP contribution in [0.2, 0.25) is 0 Å². The summed E-state index contributed by atoms with van der Waals surface area (Å²) < 4.78 is 19.7. The van der Waals surface area contributed by atoms with Crippen molar-refractivity contribution in [1.29, 1.82) is 0 Å². The molecule has 0 aliphatic rings. The molecular formula is C15H13FN4O4. The lowest BCUT2D eigenvalue weighted by molar-refractivity contribution is -0.143. The molecule has 1 aromatic carbocycles. The first-order valence-corrected chi connectivity index (χ1v) is 7.13. The number of aromatic nitrogens is 4. The van der Waals surface area contributed by atoms with E-state index in [1.807, 2.05) is 0 Å². The Morgan fingerprint density at radius 1 is 1.38 bits per heavy atom. The van der Waals surface area contributed by atoms with Crippen molar-refractivity contribution in [3.8, 4) is 11.4 Å². The number of carbonyl (C=O) groups is 1. The highest BCUT2D eigenvalue weighted by molar-refractivity contribution is 5.82. The zero-order valence-corrected chi connectivity index (χ0v) is 12.6. The molecule has 0 saturated heterocycles. The minimum atomic E-state index is -0.780. The molecule has 0 unspecified atom stereocenters. The van der Waals surface area contributed by atoms with Gasteiger partial charge >= 0.3 is 11.7 Å². The molecule has 0 spiro atoms. The first kappa shape index (κ1) is 15.7. The van der Waals surface area contributed by atoms with Gasteiger partial charge < -0.3 is 14.7 Å². The fourth-order valence-corrected chi connectivity index (χ4v) is 2.35. The molecule has 0 radical (unpaired) electrons. The quantitative estimate of drug-likeness (QED) is 0.686. The minimum Gasteiger partial charge on any atom is -0.465 e. The Kier molecular flexibility index (Phi) is 3.98. The Morgan fingerprint density at radius 3 is 2.83 bits per heavy atom. The fraction of sp³-hybridized carbons (Fsp3) is 0.200. The third-order valence-electron chi connectivity index (χ3n) is 3.42. The van der Waals surface area contributed by atoms with Gasteiger partial charge in [-0.3, -0.25) is 9.59 Å². The van der Waals surface area contributed by atoms with Gasteiger partial charge in [-0.05, 0) is 19.1 Å². The van der Waals surface area contributed by atoms with E-state index in [0.29, 0.717) is 4.57 Å². The van der Waals surface area contributed by atoms with Crippen LogP contribution in [0.15, 0.2) is 34.1 Å². The van der Waals surface area contributed by atoms with Gasteiger partial charge in [-0.25, -0.2) is 18.7 Å². The third-order valence-corrected chi connectivity index (χ3v) is 3.42. The second kappa shape index (κ2) is 6.11. The number of halogens is 1. The number of fused-ring (bicyclic) bond motifs is 1. The molecule has 24 heavy (non-hydrogen) atoms. The smallest absolute Gasteiger partial charge is 0.329 e. The molecular weight excluding hydrogens is 319 g/mol. The fourth-order valence-electron chi connectivity index (χ4n) is 2.35. The van der Waals surface area contributed by atoms with Gasteiger partial charge in [-0.15, -0.1) is 0 Å². The van der Waals surface area contributed by atoms with Crippen molar-refractivity contribution in [2.75, 3.05) is 6.61 Å². The van der Waals surface area contributed by atoms with E-state index in [2.05, 4.69) is 15.0 Å². The maximum atomic E-state index is 14.3. The van der Waals surface area contributed by atoms with Crippen molar-refractivity contribution in [1.82, 2.24) is 19.5 Å². The molecule has 124 valence electrons. The SMILES string of the molecule is CCOC(=O)Cn1c(=O)[nH]c2cc(-c3ncc[nH]3)c(F)cc2c1=O. The highest BCUT2D eigenvalue weighted by Crippen LogP contribution is 2.22. The van der Waals surface area contributed by atoms with E-state index in [1.54, 1.807) is 6.92 Å². The highest BCUT2D eigenvalue weighted by Gasteiger charge is 2.16. The van der Waals surface area contributed by atoms with Gasteiger partial charge in [-0.1, -0.05) is 0 Å². The topological polar surface area (TPSA) is 110 Å². The second-order valence-corrected chi connectivity index (χ2v) is 4.94. The van der Waals surface area contributed by atoms with Gasteiger partial charge in [-0.2, -0.15) is 0 Å². The maximum Gasteiger partial charge on any atom is 0.329 e. The number of aromatic amines is 2. The molecule has 0 atom stereocenters. The van der Waals surface area contributed by atoms with Gasteiger partial charge in [0, 0.05) is 12.4 Å². The van der Waals surface area contributed by atoms with E-state index in [1.165, 1.54) is 18.5 Å². The third kappa shape index (κ3) is 2.71. The molecule has 0 aliphatic heterocycles. The van der Waals surface area contributed by atoms with Crippen LogP contribution in [-0.4, -0.2) is 32.1 Å². The predicted molar refractivity (Wildman–Crippen MR) is 83.0 cm³/mol. The molecule has 9 heteroatoms. The zero-order valence-electron chi connectivity index (χ0n) is 12.6. The zero-order chi connectivity index (χ0) is 17.3. The van der Waals surface area contributed by atoms with E-state index in [9.17, 15) is 18.8 Å². The average Bonchev–Trinajstić information content (AvgIpc) is 3.06. The van der Waals surface area contributed by atoms with Crippen LogP contribution in [0, 0.1) is 5.82 Å². The number of ether oxygens (including phenoxy) is 1. The summed E-state index contributed by atoms with van der Waals surface area (Å²) in [5.41, 5.74) is -1.28. The van der Waals surface area contributed by atoms with E-state index < -0.39 is 29.6 Å². The van der Waals surface area contributed by atoms with Crippen molar-refractivity contribution < 1.29 is 13.9 Å².